The molecule has 0 aliphatic carbocycles. The average Bonchev–Trinajstić information content (AvgIpc) is 2.73. The highest BCUT2D eigenvalue weighted by Gasteiger charge is 2.26. The fourth-order valence-corrected chi connectivity index (χ4v) is 3.65. The largest absolute Gasteiger partial charge is 0.495 e. The van der Waals surface area contributed by atoms with Crippen molar-refractivity contribution in [3.8, 4) is 5.75 Å². The summed E-state index contributed by atoms with van der Waals surface area (Å²) in [6, 6.07) is 15.1. The van der Waals surface area contributed by atoms with Gasteiger partial charge in [-0.15, -0.1) is 0 Å². The number of aromatic nitrogens is 1. The van der Waals surface area contributed by atoms with Crippen molar-refractivity contribution in [3.05, 3.63) is 64.8 Å². The van der Waals surface area contributed by atoms with Crippen molar-refractivity contribution in [2.45, 2.75) is 0 Å². The maximum Gasteiger partial charge on any atom is 0.301 e. The average molecular weight is 364 g/mol. The molecule has 4 rings (SSSR count). The molecule has 2 aromatic carbocycles. The van der Waals surface area contributed by atoms with Crippen LogP contribution in [-0.2, 0) is 0 Å². The minimum absolute atomic E-state index is 0.131. The molecule has 3 aromatic rings. The summed E-state index contributed by atoms with van der Waals surface area (Å²) in [6.45, 7) is 2.93. The van der Waals surface area contributed by atoms with Gasteiger partial charge < -0.3 is 14.5 Å². The van der Waals surface area contributed by atoms with Gasteiger partial charge >= 0.3 is 5.69 Å². The van der Waals surface area contributed by atoms with Gasteiger partial charge in [-0.05, 0) is 36.4 Å². The molecule has 27 heavy (non-hydrogen) atoms. The number of hydrogen-bond acceptors (Lipinski definition) is 6. The zero-order valence-electron chi connectivity index (χ0n) is 15.0. The van der Waals surface area contributed by atoms with Crippen LogP contribution in [0.3, 0.4) is 0 Å². The van der Waals surface area contributed by atoms with E-state index in [-0.39, 0.29) is 10.6 Å². The Kier molecular flexibility index (Phi) is 4.50. The molecule has 0 unspecified atom stereocenters. The molecule has 0 atom stereocenters. The van der Waals surface area contributed by atoms with E-state index >= 15 is 0 Å². The van der Waals surface area contributed by atoms with E-state index in [0.29, 0.717) is 29.7 Å². The SMILES string of the molecule is COc1ccccc1N1CCN(c2ccc3ncccc3c2[N+](=O)[O-])CC1. The number of hydrogen-bond donors (Lipinski definition) is 0. The van der Waals surface area contributed by atoms with Gasteiger partial charge in [0.2, 0.25) is 0 Å². The molecule has 2 heterocycles. The molecule has 1 aliphatic heterocycles. The second kappa shape index (κ2) is 7.11. The van der Waals surface area contributed by atoms with E-state index < -0.39 is 0 Å². The first kappa shape index (κ1) is 17.1. The van der Waals surface area contributed by atoms with E-state index in [1.807, 2.05) is 36.4 Å². The Hall–Kier alpha value is -3.35. The number of pyridine rings is 1. The fraction of sp³-hybridized carbons (Fsp3) is 0.250. The van der Waals surface area contributed by atoms with E-state index in [1.54, 1.807) is 25.4 Å². The molecule has 0 saturated carbocycles. The maximum atomic E-state index is 11.8. The van der Waals surface area contributed by atoms with Crippen molar-refractivity contribution in [2.24, 2.45) is 0 Å². The number of para-hydroxylation sites is 2. The molecule has 0 spiro atoms. The first-order chi connectivity index (χ1) is 13.2. The molecular weight excluding hydrogens is 344 g/mol. The van der Waals surface area contributed by atoms with E-state index in [0.717, 1.165) is 24.5 Å². The lowest BCUT2D eigenvalue weighted by Gasteiger charge is -2.37. The third-order valence-corrected chi connectivity index (χ3v) is 4.96. The topological polar surface area (TPSA) is 71.7 Å². The Bertz CT molecular complexity index is 984. The molecule has 1 saturated heterocycles. The first-order valence-corrected chi connectivity index (χ1v) is 8.84. The van der Waals surface area contributed by atoms with Gasteiger partial charge in [-0.25, -0.2) is 0 Å². The fourth-order valence-electron chi connectivity index (χ4n) is 3.65. The van der Waals surface area contributed by atoms with Gasteiger partial charge in [0.15, 0.2) is 0 Å². The van der Waals surface area contributed by atoms with Crippen molar-refractivity contribution in [2.75, 3.05) is 43.1 Å². The van der Waals surface area contributed by atoms with Crippen LogP contribution >= 0.6 is 0 Å². The number of nitro groups is 1. The van der Waals surface area contributed by atoms with Crippen LogP contribution in [0, 0.1) is 10.1 Å². The van der Waals surface area contributed by atoms with E-state index in [1.165, 1.54) is 0 Å². The number of benzene rings is 2. The van der Waals surface area contributed by atoms with Crippen LogP contribution in [-0.4, -0.2) is 43.2 Å². The number of piperazine rings is 1. The minimum atomic E-state index is -0.300. The van der Waals surface area contributed by atoms with Crippen molar-refractivity contribution in [1.29, 1.82) is 0 Å². The molecule has 0 N–H and O–H groups in total. The summed E-state index contributed by atoms with van der Waals surface area (Å²) in [4.78, 5) is 20.0. The lowest BCUT2D eigenvalue weighted by atomic mass is 10.1. The van der Waals surface area contributed by atoms with E-state index in [4.69, 9.17) is 4.74 Å². The lowest BCUT2D eigenvalue weighted by Crippen LogP contribution is -2.46. The maximum absolute atomic E-state index is 11.8. The summed E-state index contributed by atoms with van der Waals surface area (Å²) in [7, 11) is 1.67. The number of rotatable bonds is 4. The zero-order chi connectivity index (χ0) is 18.8. The van der Waals surface area contributed by atoms with Crippen LogP contribution in [0.25, 0.3) is 10.9 Å². The number of anilines is 2. The monoisotopic (exact) mass is 364 g/mol. The third-order valence-electron chi connectivity index (χ3n) is 4.96. The molecule has 1 aromatic heterocycles. The highest BCUT2D eigenvalue weighted by atomic mass is 16.6. The second-order valence-electron chi connectivity index (χ2n) is 6.41. The Morgan fingerprint density at radius 3 is 2.37 bits per heavy atom. The third kappa shape index (κ3) is 3.12. The van der Waals surface area contributed by atoms with Crippen LogP contribution in [0.5, 0.6) is 5.75 Å². The minimum Gasteiger partial charge on any atom is -0.495 e. The number of ether oxygens (including phenoxy) is 1. The summed E-state index contributed by atoms with van der Waals surface area (Å²) >= 11 is 0. The first-order valence-electron chi connectivity index (χ1n) is 8.84. The number of nitro benzene ring substituents is 1. The van der Waals surface area contributed by atoms with Crippen LogP contribution in [0.1, 0.15) is 0 Å². The van der Waals surface area contributed by atoms with Gasteiger partial charge in [0.1, 0.15) is 11.4 Å². The van der Waals surface area contributed by atoms with Crippen molar-refractivity contribution < 1.29 is 9.66 Å². The summed E-state index contributed by atoms with van der Waals surface area (Å²) < 4.78 is 5.46. The quantitative estimate of drug-likeness (QED) is 0.521. The summed E-state index contributed by atoms with van der Waals surface area (Å²) in [6.07, 6.45) is 1.65. The van der Waals surface area contributed by atoms with Gasteiger partial charge in [-0.3, -0.25) is 15.1 Å². The van der Waals surface area contributed by atoms with Gasteiger partial charge in [0.05, 0.1) is 28.6 Å². The highest BCUT2D eigenvalue weighted by Crippen LogP contribution is 2.36. The second-order valence-corrected chi connectivity index (χ2v) is 6.41. The Morgan fingerprint density at radius 2 is 1.67 bits per heavy atom. The predicted octanol–water partition coefficient (Wildman–Crippen LogP) is 3.48. The molecule has 7 heteroatoms. The van der Waals surface area contributed by atoms with Gasteiger partial charge in [-0.1, -0.05) is 12.1 Å². The predicted molar refractivity (Wildman–Crippen MR) is 106 cm³/mol. The Labute approximate surface area is 156 Å². The van der Waals surface area contributed by atoms with Gasteiger partial charge in [0, 0.05) is 32.4 Å². The normalized spacial score (nSPS) is 14.4. The lowest BCUT2D eigenvalue weighted by molar-refractivity contribution is -0.382. The van der Waals surface area contributed by atoms with Crippen LogP contribution in [0.15, 0.2) is 54.7 Å². The molecular formula is C20H20N4O3. The standard InChI is InChI=1S/C20H20N4O3/c1-27-19-7-3-2-6-17(19)22-11-13-23(14-12-22)18-9-8-16-15(5-4-10-21-16)20(18)24(25)26/h2-10H,11-14H2,1H3. The van der Waals surface area contributed by atoms with Crippen LogP contribution < -0.4 is 14.5 Å². The van der Waals surface area contributed by atoms with Crippen LogP contribution in [0.2, 0.25) is 0 Å². The molecule has 1 aliphatic rings. The summed E-state index contributed by atoms with van der Waals surface area (Å²) in [5, 5.41) is 12.3. The molecule has 0 bridgehead atoms. The van der Waals surface area contributed by atoms with Crippen molar-refractivity contribution >= 4 is 28.0 Å². The number of nitrogens with zero attached hydrogens (tertiary/aromatic N) is 4. The molecule has 0 radical (unpaired) electrons. The van der Waals surface area contributed by atoms with Gasteiger partial charge in [-0.2, -0.15) is 0 Å². The van der Waals surface area contributed by atoms with Crippen molar-refractivity contribution in [1.82, 2.24) is 4.98 Å². The van der Waals surface area contributed by atoms with E-state index in [9.17, 15) is 10.1 Å². The van der Waals surface area contributed by atoms with Gasteiger partial charge in [0.25, 0.3) is 0 Å². The van der Waals surface area contributed by atoms with Crippen LogP contribution in [0.4, 0.5) is 17.1 Å². The molecule has 0 amide bonds. The zero-order valence-corrected chi connectivity index (χ0v) is 15.0. The Morgan fingerprint density at radius 1 is 0.963 bits per heavy atom. The Balaban J connectivity index is 1.62. The number of methoxy groups -OCH3 is 1. The summed E-state index contributed by atoms with van der Waals surface area (Å²) in [5.74, 6) is 0.841. The number of fused-ring (bicyclic) bond motifs is 1. The molecule has 7 nitrogen and oxygen atoms in total. The summed E-state index contributed by atoms with van der Waals surface area (Å²) in [5.41, 5.74) is 2.48. The van der Waals surface area contributed by atoms with Crippen molar-refractivity contribution in [3.63, 3.8) is 0 Å². The molecule has 138 valence electrons. The molecule has 1 fully saturated rings. The highest BCUT2D eigenvalue weighted by molar-refractivity contribution is 5.94. The smallest absolute Gasteiger partial charge is 0.301 e. The van der Waals surface area contributed by atoms with E-state index in [2.05, 4.69) is 14.8 Å².